The molecular formula is C12H17BrN2O2S. The summed E-state index contributed by atoms with van der Waals surface area (Å²) in [5.74, 6) is 0. The van der Waals surface area contributed by atoms with E-state index < -0.39 is 10.0 Å². The SMILES string of the molecule is CC1CNCC(C)N1S(=O)(=O)c1cccc(Br)c1. The van der Waals surface area contributed by atoms with Crippen molar-refractivity contribution >= 4 is 26.0 Å². The molecule has 2 rings (SSSR count). The lowest BCUT2D eigenvalue weighted by Gasteiger charge is -2.38. The maximum Gasteiger partial charge on any atom is 0.243 e. The number of benzene rings is 1. The molecular weight excluding hydrogens is 316 g/mol. The fourth-order valence-electron chi connectivity index (χ4n) is 2.34. The van der Waals surface area contributed by atoms with E-state index in [1.807, 2.05) is 19.9 Å². The molecule has 1 aliphatic heterocycles. The van der Waals surface area contributed by atoms with Crippen LogP contribution in [0.1, 0.15) is 13.8 Å². The summed E-state index contributed by atoms with van der Waals surface area (Å²) in [6.07, 6.45) is 0. The average Bonchev–Trinajstić information content (AvgIpc) is 2.28. The molecule has 6 heteroatoms. The Morgan fingerprint density at radius 1 is 1.28 bits per heavy atom. The van der Waals surface area contributed by atoms with Crippen LogP contribution in [0.15, 0.2) is 33.6 Å². The lowest BCUT2D eigenvalue weighted by molar-refractivity contribution is 0.220. The first-order valence-corrected chi connectivity index (χ1v) is 8.16. The minimum Gasteiger partial charge on any atom is -0.314 e. The van der Waals surface area contributed by atoms with E-state index in [1.54, 1.807) is 22.5 Å². The van der Waals surface area contributed by atoms with Gasteiger partial charge in [-0.1, -0.05) is 22.0 Å². The van der Waals surface area contributed by atoms with E-state index in [-0.39, 0.29) is 12.1 Å². The van der Waals surface area contributed by atoms with E-state index in [9.17, 15) is 8.42 Å². The number of sulfonamides is 1. The molecule has 2 unspecified atom stereocenters. The Labute approximate surface area is 117 Å². The Kier molecular flexibility index (Phi) is 4.11. The second kappa shape index (κ2) is 5.28. The van der Waals surface area contributed by atoms with Gasteiger partial charge in [-0.25, -0.2) is 8.42 Å². The van der Waals surface area contributed by atoms with E-state index in [1.165, 1.54) is 0 Å². The molecule has 0 amide bonds. The molecule has 100 valence electrons. The highest BCUT2D eigenvalue weighted by Crippen LogP contribution is 2.24. The van der Waals surface area contributed by atoms with Crippen LogP contribution in [0, 0.1) is 0 Å². The monoisotopic (exact) mass is 332 g/mol. The molecule has 4 nitrogen and oxygen atoms in total. The summed E-state index contributed by atoms with van der Waals surface area (Å²) >= 11 is 3.31. The first kappa shape index (κ1) is 14.0. The summed E-state index contributed by atoms with van der Waals surface area (Å²) in [5, 5.41) is 3.23. The zero-order valence-electron chi connectivity index (χ0n) is 10.4. The van der Waals surface area contributed by atoms with Crippen LogP contribution in [-0.4, -0.2) is 37.9 Å². The number of hydrogen-bond donors (Lipinski definition) is 1. The Morgan fingerprint density at radius 3 is 2.44 bits per heavy atom. The van der Waals surface area contributed by atoms with Crippen molar-refractivity contribution in [1.82, 2.24) is 9.62 Å². The Morgan fingerprint density at radius 2 is 1.89 bits per heavy atom. The van der Waals surface area contributed by atoms with Crippen LogP contribution in [0.3, 0.4) is 0 Å². The zero-order chi connectivity index (χ0) is 13.3. The average molecular weight is 333 g/mol. The van der Waals surface area contributed by atoms with Crippen molar-refractivity contribution in [1.29, 1.82) is 0 Å². The summed E-state index contributed by atoms with van der Waals surface area (Å²) in [7, 11) is -3.42. The van der Waals surface area contributed by atoms with E-state index >= 15 is 0 Å². The van der Waals surface area contributed by atoms with E-state index in [0.717, 1.165) is 4.47 Å². The van der Waals surface area contributed by atoms with Crippen molar-refractivity contribution in [2.24, 2.45) is 0 Å². The standard InChI is InChI=1S/C12H17BrN2O2S/c1-9-7-14-8-10(2)15(9)18(16,17)12-5-3-4-11(13)6-12/h3-6,9-10,14H,7-8H2,1-2H3. The van der Waals surface area contributed by atoms with Crippen LogP contribution < -0.4 is 5.32 Å². The third-order valence-corrected chi connectivity index (χ3v) is 5.74. The number of rotatable bonds is 2. The van der Waals surface area contributed by atoms with Gasteiger partial charge in [-0.15, -0.1) is 0 Å². The van der Waals surface area contributed by atoms with Gasteiger partial charge in [0.05, 0.1) is 4.90 Å². The molecule has 0 aromatic heterocycles. The minimum absolute atomic E-state index is 0.0299. The second-order valence-electron chi connectivity index (χ2n) is 4.65. The number of nitrogens with one attached hydrogen (secondary N) is 1. The minimum atomic E-state index is -3.42. The maximum atomic E-state index is 12.6. The highest BCUT2D eigenvalue weighted by atomic mass is 79.9. The molecule has 0 spiro atoms. The third kappa shape index (κ3) is 2.61. The molecule has 1 aromatic rings. The Balaban J connectivity index is 2.41. The van der Waals surface area contributed by atoms with E-state index in [2.05, 4.69) is 21.2 Å². The largest absolute Gasteiger partial charge is 0.314 e. The molecule has 1 heterocycles. The Bertz CT molecular complexity index is 523. The molecule has 1 N–H and O–H groups in total. The predicted octanol–water partition coefficient (Wildman–Crippen LogP) is 1.82. The summed E-state index contributed by atoms with van der Waals surface area (Å²) < 4.78 is 27.7. The van der Waals surface area contributed by atoms with Crippen LogP contribution in [-0.2, 0) is 10.0 Å². The van der Waals surface area contributed by atoms with Crippen LogP contribution in [0.2, 0.25) is 0 Å². The highest BCUT2D eigenvalue weighted by molar-refractivity contribution is 9.10. The molecule has 0 aliphatic carbocycles. The van der Waals surface area contributed by atoms with Crippen LogP contribution in [0.5, 0.6) is 0 Å². The molecule has 0 radical (unpaired) electrons. The first-order chi connectivity index (χ1) is 8.43. The quantitative estimate of drug-likeness (QED) is 0.898. The molecule has 1 fully saturated rings. The normalized spacial score (nSPS) is 26.2. The number of hydrogen-bond acceptors (Lipinski definition) is 3. The van der Waals surface area contributed by atoms with Crippen molar-refractivity contribution in [3.05, 3.63) is 28.7 Å². The second-order valence-corrected chi connectivity index (χ2v) is 7.41. The van der Waals surface area contributed by atoms with Crippen molar-refractivity contribution < 1.29 is 8.42 Å². The first-order valence-electron chi connectivity index (χ1n) is 5.93. The van der Waals surface area contributed by atoms with E-state index in [4.69, 9.17) is 0 Å². The summed E-state index contributed by atoms with van der Waals surface area (Å²) in [6.45, 7) is 5.24. The Hall–Kier alpha value is -0.430. The lowest BCUT2D eigenvalue weighted by Crippen LogP contribution is -2.57. The van der Waals surface area contributed by atoms with Gasteiger partial charge in [0.2, 0.25) is 10.0 Å². The van der Waals surface area contributed by atoms with Gasteiger partial charge in [0.1, 0.15) is 0 Å². The van der Waals surface area contributed by atoms with Crippen LogP contribution in [0.4, 0.5) is 0 Å². The van der Waals surface area contributed by atoms with Gasteiger partial charge in [-0.3, -0.25) is 0 Å². The van der Waals surface area contributed by atoms with Gasteiger partial charge in [-0.05, 0) is 32.0 Å². The molecule has 0 saturated carbocycles. The summed E-state index contributed by atoms with van der Waals surface area (Å²) in [4.78, 5) is 0.345. The molecule has 0 bridgehead atoms. The van der Waals surface area contributed by atoms with Crippen LogP contribution >= 0.6 is 15.9 Å². The number of piperazine rings is 1. The van der Waals surface area contributed by atoms with Gasteiger partial charge < -0.3 is 5.32 Å². The van der Waals surface area contributed by atoms with Crippen LogP contribution in [0.25, 0.3) is 0 Å². The molecule has 1 aliphatic rings. The zero-order valence-corrected chi connectivity index (χ0v) is 12.8. The summed E-state index contributed by atoms with van der Waals surface area (Å²) in [5.41, 5.74) is 0. The molecule has 1 aromatic carbocycles. The van der Waals surface area contributed by atoms with Crippen molar-refractivity contribution in [2.45, 2.75) is 30.8 Å². The van der Waals surface area contributed by atoms with E-state index in [0.29, 0.717) is 18.0 Å². The highest BCUT2D eigenvalue weighted by Gasteiger charge is 2.35. The van der Waals surface area contributed by atoms with Gasteiger partial charge >= 0.3 is 0 Å². The van der Waals surface area contributed by atoms with Gasteiger partial charge in [0.15, 0.2) is 0 Å². The number of halogens is 1. The van der Waals surface area contributed by atoms with Gasteiger partial charge in [-0.2, -0.15) is 4.31 Å². The molecule has 2 atom stereocenters. The fourth-order valence-corrected chi connectivity index (χ4v) is 4.76. The van der Waals surface area contributed by atoms with Crippen molar-refractivity contribution in [3.63, 3.8) is 0 Å². The van der Waals surface area contributed by atoms with Crippen molar-refractivity contribution in [3.8, 4) is 0 Å². The maximum absolute atomic E-state index is 12.6. The number of nitrogens with zero attached hydrogens (tertiary/aromatic N) is 1. The summed E-state index contributed by atoms with van der Waals surface area (Å²) in [6, 6.07) is 6.80. The molecule has 18 heavy (non-hydrogen) atoms. The van der Waals surface area contributed by atoms with Gasteiger partial charge in [0.25, 0.3) is 0 Å². The lowest BCUT2D eigenvalue weighted by atomic mass is 10.2. The fraction of sp³-hybridized carbons (Fsp3) is 0.500. The molecule has 1 saturated heterocycles. The predicted molar refractivity (Wildman–Crippen MR) is 75.0 cm³/mol. The smallest absolute Gasteiger partial charge is 0.243 e. The van der Waals surface area contributed by atoms with Gasteiger partial charge in [0, 0.05) is 29.6 Å². The van der Waals surface area contributed by atoms with Crippen molar-refractivity contribution in [2.75, 3.05) is 13.1 Å². The topological polar surface area (TPSA) is 49.4 Å². The third-order valence-electron chi connectivity index (χ3n) is 3.12.